The molecule has 0 rings (SSSR count). The minimum Gasteiger partial charge on any atom is -0.352 e. The first kappa shape index (κ1) is 12.8. The molecule has 0 heterocycles. The standard InChI is InChI=1S/C10H20ClNO/c1-5-7(2)6-8(3)12-10(13)9(4)11/h7-9H,5-6H2,1-4H3,(H,12,13). The summed E-state index contributed by atoms with van der Waals surface area (Å²) in [5.41, 5.74) is 0. The van der Waals surface area contributed by atoms with Crippen LogP contribution >= 0.6 is 11.6 Å². The van der Waals surface area contributed by atoms with Gasteiger partial charge in [-0.15, -0.1) is 11.6 Å². The van der Waals surface area contributed by atoms with E-state index < -0.39 is 5.38 Å². The van der Waals surface area contributed by atoms with Crippen LogP contribution in [-0.4, -0.2) is 17.3 Å². The summed E-state index contributed by atoms with van der Waals surface area (Å²) in [6.07, 6.45) is 2.17. The molecular weight excluding hydrogens is 186 g/mol. The van der Waals surface area contributed by atoms with E-state index in [2.05, 4.69) is 19.2 Å². The number of nitrogens with one attached hydrogen (secondary N) is 1. The third-order valence-electron chi connectivity index (χ3n) is 2.20. The highest BCUT2D eigenvalue weighted by molar-refractivity contribution is 6.30. The quantitative estimate of drug-likeness (QED) is 0.687. The lowest BCUT2D eigenvalue weighted by molar-refractivity contribution is -0.121. The fourth-order valence-corrected chi connectivity index (χ4v) is 1.25. The van der Waals surface area contributed by atoms with Crippen LogP contribution < -0.4 is 5.32 Å². The molecule has 1 amide bonds. The molecule has 3 heteroatoms. The zero-order valence-corrected chi connectivity index (χ0v) is 9.69. The van der Waals surface area contributed by atoms with E-state index in [1.165, 1.54) is 0 Å². The monoisotopic (exact) mass is 205 g/mol. The predicted octanol–water partition coefficient (Wildman–Crippen LogP) is 2.55. The minimum atomic E-state index is -0.431. The summed E-state index contributed by atoms with van der Waals surface area (Å²) in [4.78, 5) is 11.2. The van der Waals surface area contributed by atoms with Crippen LogP contribution in [0, 0.1) is 5.92 Å². The van der Waals surface area contributed by atoms with Crippen molar-refractivity contribution >= 4 is 17.5 Å². The first-order valence-corrected chi connectivity index (χ1v) is 5.35. The Morgan fingerprint density at radius 3 is 2.31 bits per heavy atom. The summed E-state index contributed by atoms with van der Waals surface area (Å²) in [5.74, 6) is 0.582. The van der Waals surface area contributed by atoms with Crippen LogP contribution in [0.3, 0.4) is 0 Å². The van der Waals surface area contributed by atoms with Crippen LogP contribution in [0.15, 0.2) is 0 Å². The Bertz CT molecular complexity index is 159. The van der Waals surface area contributed by atoms with E-state index in [-0.39, 0.29) is 11.9 Å². The maximum Gasteiger partial charge on any atom is 0.237 e. The van der Waals surface area contributed by atoms with E-state index in [1.807, 2.05) is 6.92 Å². The number of carbonyl (C=O) groups excluding carboxylic acids is 1. The van der Waals surface area contributed by atoms with Gasteiger partial charge in [-0.2, -0.15) is 0 Å². The van der Waals surface area contributed by atoms with E-state index in [1.54, 1.807) is 6.92 Å². The zero-order valence-electron chi connectivity index (χ0n) is 8.93. The SMILES string of the molecule is CCC(C)CC(C)NC(=O)C(C)Cl. The zero-order chi connectivity index (χ0) is 10.4. The normalized spacial score (nSPS) is 17.6. The molecule has 0 spiro atoms. The maximum atomic E-state index is 11.2. The summed E-state index contributed by atoms with van der Waals surface area (Å²) in [7, 11) is 0. The van der Waals surface area contributed by atoms with Crippen molar-refractivity contribution in [3.05, 3.63) is 0 Å². The highest BCUT2D eigenvalue weighted by atomic mass is 35.5. The van der Waals surface area contributed by atoms with Crippen LogP contribution in [0.4, 0.5) is 0 Å². The molecule has 13 heavy (non-hydrogen) atoms. The number of amides is 1. The molecule has 0 bridgehead atoms. The fraction of sp³-hybridized carbons (Fsp3) is 0.900. The average molecular weight is 206 g/mol. The largest absolute Gasteiger partial charge is 0.352 e. The van der Waals surface area contributed by atoms with E-state index in [0.29, 0.717) is 5.92 Å². The van der Waals surface area contributed by atoms with Gasteiger partial charge in [-0.3, -0.25) is 4.79 Å². The Kier molecular flexibility index (Phi) is 6.13. The van der Waals surface area contributed by atoms with Gasteiger partial charge in [-0.25, -0.2) is 0 Å². The average Bonchev–Trinajstić information content (AvgIpc) is 2.03. The number of rotatable bonds is 5. The van der Waals surface area contributed by atoms with Gasteiger partial charge in [0.15, 0.2) is 0 Å². The maximum absolute atomic E-state index is 11.2. The smallest absolute Gasteiger partial charge is 0.237 e. The third kappa shape index (κ3) is 5.92. The lowest BCUT2D eigenvalue weighted by Crippen LogP contribution is -2.37. The van der Waals surface area contributed by atoms with Crippen molar-refractivity contribution in [2.75, 3.05) is 0 Å². The first-order valence-electron chi connectivity index (χ1n) is 4.91. The van der Waals surface area contributed by atoms with Crippen LogP contribution in [0.1, 0.15) is 40.5 Å². The van der Waals surface area contributed by atoms with Gasteiger partial charge in [0.2, 0.25) is 5.91 Å². The Labute approximate surface area is 86.0 Å². The van der Waals surface area contributed by atoms with Gasteiger partial charge in [0.05, 0.1) is 0 Å². The van der Waals surface area contributed by atoms with E-state index in [0.717, 1.165) is 12.8 Å². The second-order valence-electron chi connectivity index (χ2n) is 3.77. The van der Waals surface area contributed by atoms with Crippen LogP contribution in [0.25, 0.3) is 0 Å². The molecule has 0 saturated carbocycles. The summed E-state index contributed by atoms with van der Waals surface area (Å²) < 4.78 is 0. The Hall–Kier alpha value is -0.240. The van der Waals surface area contributed by atoms with E-state index in [9.17, 15) is 4.79 Å². The molecule has 0 aromatic carbocycles. The minimum absolute atomic E-state index is 0.0718. The molecule has 78 valence electrons. The molecule has 1 N–H and O–H groups in total. The van der Waals surface area contributed by atoms with Gasteiger partial charge in [0.25, 0.3) is 0 Å². The Morgan fingerprint density at radius 1 is 1.38 bits per heavy atom. The van der Waals surface area contributed by atoms with Crippen molar-refractivity contribution in [1.29, 1.82) is 0 Å². The topological polar surface area (TPSA) is 29.1 Å². The van der Waals surface area contributed by atoms with Gasteiger partial charge < -0.3 is 5.32 Å². The first-order chi connectivity index (χ1) is 5.97. The molecule has 3 atom stereocenters. The van der Waals surface area contributed by atoms with Crippen LogP contribution in [-0.2, 0) is 4.79 Å². The van der Waals surface area contributed by atoms with E-state index >= 15 is 0 Å². The third-order valence-corrected chi connectivity index (χ3v) is 2.40. The number of hydrogen-bond donors (Lipinski definition) is 1. The molecule has 0 aliphatic carbocycles. The Balaban J connectivity index is 3.74. The molecule has 0 radical (unpaired) electrons. The fourth-order valence-electron chi connectivity index (χ4n) is 1.19. The molecule has 0 aromatic rings. The molecule has 0 aliphatic heterocycles. The van der Waals surface area contributed by atoms with Crippen molar-refractivity contribution < 1.29 is 4.79 Å². The lowest BCUT2D eigenvalue weighted by Gasteiger charge is -2.18. The molecular formula is C10H20ClNO. The van der Waals surface area contributed by atoms with Gasteiger partial charge in [-0.05, 0) is 26.2 Å². The number of carbonyl (C=O) groups is 1. The van der Waals surface area contributed by atoms with Crippen molar-refractivity contribution in [3.8, 4) is 0 Å². The van der Waals surface area contributed by atoms with Gasteiger partial charge in [-0.1, -0.05) is 20.3 Å². The van der Waals surface area contributed by atoms with Gasteiger partial charge in [0.1, 0.15) is 5.38 Å². The van der Waals surface area contributed by atoms with E-state index in [4.69, 9.17) is 11.6 Å². The molecule has 0 aromatic heterocycles. The second-order valence-corrected chi connectivity index (χ2v) is 4.43. The van der Waals surface area contributed by atoms with Crippen LogP contribution in [0.5, 0.6) is 0 Å². The van der Waals surface area contributed by atoms with Crippen molar-refractivity contribution in [2.45, 2.75) is 52.0 Å². The predicted molar refractivity (Wildman–Crippen MR) is 57.0 cm³/mol. The molecule has 2 nitrogen and oxygen atoms in total. The summed E-state index contributed by atoms with van der Waals surface area (Å²) in [6, 6.07) is 0.226. The summed E-state index contributed by atoms with van der Waals surface area (Å²) in [5, 5.41) is 2.44. The number of alkyl halides is 1. The second kappa shape index (κ2) is 6.25. The van der Waals surface area contributed by atoms with Gasteiger partial charge in [0, 0.05) is 6.04 Å². The molecule has 3 unspecified atom stereocenters. The number of hydrogen-bond acceptors (Lipinski definition) is 1. The van der Waals surface area contributed by atoms with Gasteiger partial charge >= 0.3 is 0 Å². The molecule has 0 aliphatic rings. The molecule has 0 saturated heterocycles. The highest BCUT2D eigenvalue weighted by Crippen LogP contribution is 2.09. The highest BCUT2D eigenvalue weighted by Gasteiger charge is 2.13. The number of halogens is 1. The van der Waals surface area contributed by atoms with Crippen molar-refractivity contribution in [3.63, 3.8) is 0 Å². The van der Waals surface area contributed by atoms with Crippen LogP contribution in [0.2, 0.25) is 0 Å². The lowest BCUT2D eigenvalue weighted by atomic mass is 10.0. The summed E-state index contributed by atoms with van der Waals surface area (Å²) >= 11 is 5.63. The van der Waals surface area contributed by atoms with Crippen molar-refractivity contribution in [2.24, 2.45) is 5.92 Å². The summed E-state index contributed by atoms with van der Waals surface area (Å²) in [6.45, 7) is 8.05. The van der Waals surface area contributed by atoms with Crippen molar-refractivity contribution in [1.82, 2.24) is 5.32 Å². The Morgan fingerprint density at radius 2 is 1.92 bits per heavy atom. The molecule has 0 fully saturated rings.